The zero-order valence-electron chi connectivity index (χ0n) is 10.7. The summed E-state index contributed by atoms with van der Waals surface area (Å²) < 4.78 is 0. The van der Waals surface area contributed by atoms with Gasteiger partial charge in [0, 0.05) is 36.9 Å². The number of ketones is 1. The first-order valence-electron chi connectivity index (χ1n) is 6.17. The van der Waals surface area contributed by atoms with Crippen LogP contribution in [0.1, 0.15) is 15.9 Å². The Morgan fingerprint density at radius 1 is 1.00 bits per heavy atom. The van der Waals surface area contributed by atoms with Crippen LogP contribution in [0.2, 0.25) is 15.1 Å². The number of hydrogen-bond acceptors (Lipinski definition) is 2. The summed E-state index contributed by atoms with van der Waals surface area (Å²) in [4.78, 5) is 13.5. The topological polar surface area (TPSA) is 17.1 Å². The average Bonchev–Trinajstić information content (AvgIpc) is 2.45. The first-order valence-corrected chi connectivity index (χ1v) is 8.29. The van der Waals surface area contributed by atoms with Crippen molar-refractivity contribution in [2.75, 3.05) is 5.75 Å². The van der Waals surface area contributed by atoms with Crippen molar-refractivity contribution in [1.82, 2.24) is 0 Å². The summed E-state index contributed by atoms with van der Waals surface area (Å²) in [6.45, 7) is 0. The summed E-state index contributed by atoms with van der Waals surface area (Å²) >= 11 is 19.6. The Balaban J connectivity index is 2.01. The molecule has 21 heavy (non-hydrogen) atoms. The third-order valence-corrected chi connectivity index (χ3v) is 5.07. The van der Waals surface area contributed by atoms with Gasteiger partial charge in [-0.3, -0.25) is 4.79 Å². The number of rotatable bonds is 1. The summed E-state index contributed by atoms with van der Waals surface area (Å²) in [6.07, 6.45) is 1.82. The largest absolute Gasteiger partial charge is 0.289 e. The molecule has 0 fully saturated rings. The molecule has 0 amide bonds. The van der Waals surface area contributed by atoms with Crippen LogP contribution in [0.25, 0.3) is 6.08 Å². The standard InChI is InChI=1S/C16H9Cl3OS/c17-11-3-4-15-13(6-11)16(20)10(8-21-15)5-9-1-2-12(18)7-14(9)19/h1-7H,8H2/b10-5-. The van der Waals surface area contributed by atoms with E-state index in [9.17, 15) is 4.79 Å². The van der Waals surface area contributed by atoms with Crippen LogP contribution in [0.15, 0.2) is 46.9 Å². The van der Waals surface area contributed by atoms with Crippen molar-refractivity contribution in [3.63, 3.8) is 0 Å². The van der Waals surface area contributed by atoms with Crippen LogP contribution in [0, 0.1) is 0 Å². The highest BCUT2D eigenvalue weighted by Gasteiger charge is 2.22. The SMILES string of the molecule is O=C1/C(=C\c2ccc(Cl)cc2Cl)CSc2ccc(Cl)cc21. The van der Waals surface area contributed by atoms with Gasteiger partial charge in [-0.15, -0.1) is 11.8 Å². The molecular weight excluding hydrogens is 347 g/mol. The third kappa shape index (κ3) is 3.14. The second-order valence-electron chi connectivity index (χ2n) is 4.59. The fraction of sp³-hybridized carbons (Fsp3) is 0.0625. The Labute approximate surface area is 141 Å². The van der Waals surface area contributed by atoms with E-state index in [0.717, 1.165) is 10.5 Å². The lowest BCUT2D eigenvalue weighted by Gasteiger charge is -2.17. The number of carbonyl (C=O) groups is 1. The van der Waals surface area contributed by atoms with E-state index in [1.807, 2.05) is 18.2 Å². The maximum atomic E-state index is 12.5. The van der Waals surface area contributed by atoms with Gasteiger partial charge in [-0.1, -0.05) is 40.9 Å². The van der Waals surface area contributed by atoms with E-state index in [0.29, 0.717) is 32.0 Å². The van der Waals surface area contributed by atoms with Gasteiger partial charge in [-0.2, -0.15) is 0 Å². The predicted molar refractivity (Wildman–Crippen MR) is 90.9 cm³/mol. The Kier molecular flexibility index (Phi) is 4.32. The van der Waals surface area contributed by atoms with Crippen molar-refractivity contribution in [1.29, 1.82) is 0 Å². The van der Waals surface area contributed by atoms with Crippen molar-refractivity contribution in [2.24, 2.45) is 0 Å². The molecule has 1 heterocycles. The highest BCUT2D eigenvalue weighted by Crippen LogP contribution is 2.35. The van der Waals surface area contributed by atoms with E-state index in [-0.39, 0.29) is 5.78 Å². The lowest BCUT2D eigenvalue weighted by Crippen LogP contribution is -2.12. The number of fused-ring (bicyclic) bond motifs is 1. The number of carbonyl (C=O) groups excluding carboxylic acids is 1. The smallest absolute Gasteiger partial charge is 0.191 e. The van der Waals surface area contributed by atoms with Crippen LogP contribution in [0.5, 0.6) is 0 Å². The maximum Gasteiger partial charge on any atom is 0.191 e. The number of hydrogen-bond donors (Lipinski definition) is 0. The van der Waals surface area contributed by atoms with Gasteiger partial charge < -0.3 is 0 Å². The molecule has 0 radical (unpaired) electrons. The summed E-state index contributed by atoms with van der Waals surface area (Å²) in [5, 5.41) is 1.67. The van der Waals surface area contributed by atoms with Crippen molar-refractivity contribution in [3.05, 3.63) is 68.2 Å². The zero-order chi connectivity index (χ0) is 15.0. The maximum absolute atomic E-state index is 12.5. The van der Waals surface area contributed by atoms with Crippen LogP contribution >= 0.6 is 46.6 Å². The zero-order valence-corrected chi connectivity index (χ0v) is 13.8. The molecular formula is C16H9Cl3OS. The van der Waals surface area contributed by atoms with E-state index in [1.54, 1.807) is 36.0 Å². The molecule has 0 N–H and O–H groups in total. The normalized spacial score (nSPS) is 16.1. The lowest BCUT2D eigenvalue weighted by molar-refractivity contribution is 0.103. The molecule has 0 saturated carbocycles. The minimum Gasteiger partial charge on any atom is -0.289 e. The Hall–Kier alpha value is -0.930. The van der Waals surface area contributed by atoms with E-state index in [2.05, 4.69) is 0 Å². The second kappa shape index (κ2) is 6.05. The van der Waals surface area contributed by atoms with Crippen molar-refractivity contribution < 1.29 is 4.79 Å². The van der Waals surface area contributed by atoms with Gasteiger partial charge in [-0.05, 0) is 42.0 Å². The van der Waals surface area contributed by atoms with Crippen molar-refractivity contribution in [3.8, 4) is 0 Å². The summed E-state index contributed by atoms with van der Waals surface area (Å²) in [7, 11) is 0. The van der Waals surface area contributed by atoms with Gasteiger partial charge in [0.1, 0.15) is 0 Å². The van der Waals surface area contributed by atoms with Gasteiger partial charge >= 0.3 is 0 Å². The van der Waals surface area contributed by atoms with Gasteiger partial charge in [-0.25, -0.2) is 0 Å². The van der Waals surface area contributed by atoms with Gasteiger partial charge in [0.2, 0.25) is 0 Å². The summed E-state index contributed by atoms with van der Waals surface area (Å²) in [5.74, 6) is 0.615. The molecule has 3 rings (SSSR count). The molecule has 0 atom stereocenters. The molecule has 0 spiro atoms. The molecule has 1 aliphatic rings. The van der Waals surface area contributed by atoms with Crippen LogP contribution in [-0.2, 0) is 0 Å². The van der Waals surface area contributed by atoms with Crippen molar-refractivity contribution >= 4 is 58.4 Å². The predicted octanol–water partition coefficient (Wildman–Crippen LogP) is 6.02. The van der Waals surface area contributed by atoms with Crippen LogP contribution < -0.4 is 0 Å². The number of thioether (sulfide) groups is 1. The minimum atomic E-state index is -0.00253. The fourth-order valence-electron chi connectivity index (χ4n) is 2.11. The molecule has 1 aliphatic heterocycles. The monoisotopic (exact) mass is 354 g/mol. The first-order chi connectivity index (χ1) is 10.0. The third-order valence-electron chi connectivity index (χ3n) is 3.15. The second-order valence-corrected chi connectivity index (χ2v) is 6.89. The Morgan fingerprint density at radius 3 is 2.48 bits per heavy atom. The lowest BCUT2D eigenvalue weighted by atomic mass is 10.0. The highest BCUT2D eigenvalue weighted by molar-refractivity contribution is 7.99. The molecule has 2 aromatic carbocycles. The molecule has 2 aromatic rings. The number of Topliss-reactive ketones (excluding diaryl/α,β-unsaturated/α-hetero) is 1. The molecule has 1 nitrogen and oxygen atoms in total. The summed E-state index contributed by atoms with van der Waals surface area (Å²) in [6, 6.07) is 10.6. The molecule has 0 aromatic heterocycles. The molecule has 0 unspecified atom stereocenters. The Bertz CT molecular complexity index is 768. The number of halogens is 3. The molecule has 0 saturated heterocycles. The van der Waals surface area contributed by atoms with E-state index >= 15 is 0 Å². The van der Waals surface area contributed by atoms with Gasteiger partial charge in [0.05, 0.1) is 0 Å². The molecule has 5 heteroatoms. The van der Waals surface area contributed by atoms with Crippen LogP contribution in [0.4, 0.5) is 0 Å². The van der Waals surface area contributed by atoms with Crippen LogP contribution in [0.3, 0.4) is 0 Å². The molecule has 106 valence electrons. The Morgan fingerprint density at radius 2 is 1.71 bits per heavy atom. The van der Waals surface area contributed by atoms with E-state index in [1.165, 1.54) is 0 Å². The fourth-order valence-corrected chi connectivity index (χ4v) is 3.74. The van der Waals surface area contributed by atoms with Crippen molar-refractivity contribution in [2.45, 2.75) is 4.90 Å². The molecule has 0 bridgehead atoms. The molecule has 0 aliphatic carbocycles. The average molecular weight is 356 g/mol. The number of benzene rings is 2. The van der Waals surface area contributed by atoms with E-state index in [4.69, 9.17) is 34.8 Å². The highest BCUT2D eigenvalue weighted by atomic mass is 35.5. The quantitative estimate of drug-likeness (QED) is 0.582. The van der Waals surface area contributed by atoms with Gasteiger partial charge in [0.15, 0.2) is 5.78 Å². The van der Waals surface area contributed by atoms with E-state index < -0.39 is 0 Å². The summed E-state index contributed by atoms with van der Waals surface area (Å²) in [5.41, 5.74) is 2.14. The van der Waals surface area contributed by atoms with Gasteiger partial charge in [0.25, 0.3) is 0 Å². The first kappa shape index (κ1) is 15.0. The van der Waals surface area contributed by atoms with Crippen LogP contribution in [-0.4, -0.2) is 11.5 Å². The minimum absolute atomic E-state index is 0.00253.